The van der Waals surface area contributed by atoms with Gasteiger partial charge in [0.05, 0.1) is 17.4 Å². The summed E-state index contributed by atoms with van der Waals surface area (Å²) in [5.41, 5.74) is -1.18. The number of rotatable bonds is 4. The number of carboxylic acids is 1. The zero-order valence-corrected chi connectivity index (χ0v) is 12.6. The molecule has 0 fully saturated rings. The van der Waals surface area contributed by atoms with Gasteiger partial charge in [0.2, 0.25) is 0 Å². The van der Waals surface area contributed by atoms with E-state index in [-0.39, 0.29) is 16.3 Å². The van der Waals surface area contributed by atoms with Crippen molar-refractivity contribution in [2.45, 2.75) is 19.4 Å². The van der Waals surface area contributed by atoms with Crippen LogP contribution >= 0.6 is 11.6 Å². The Hall–Kier alpha value is -2.41. The lowest BCUT2D eigenvalue weighted by atomic mass is 10.1. The number of nitrogens with zero attached hydrogens (tertiary/aromatic N) is 2. The maximum Gasteiger partial charge on any atom is 0.331 e. The Morgan fingerprint density at radius 1 is 1.41 bits per heavy atom. The Kier molecular flexibility index (Phi) is 4.18. The van der Waals surface area contributed by atoms with Crippen molar-refractivity contribution in [3.8, 4) is 0 Å². The summed E-state index contributed by atoms with van der Waals surface area (Å²) in [7, 11) is 0. The van der Waals surface area contributed by atoms with Gasteiger partial charge in [-0.15, -0.1) is 0 Å². The van der Waals surface area contributed by atoms with Crippen molar-refractivity contribution in [1.29, 1.82) is 0 Å². The third kappa shape index (κ3) is 3.09. The SMILES string of the molecule is CC(C)(C(=O)O)n1cc(NC(=O)c2ccc(Cl)cc2F)cn1. The van der Waals surface area contributed by atoms with Crippen LogP contribution in [0.2, 0.25) is 5.02 Å². The lowest BCUT2D eigenvalue weighted by molar-refractivity contribution is -0.146. The van der Waals surface area contributed by atoms with Crippen molar-refractivity contribution >= 4 is 29.2 Å². The van der Waals surface area contributed by atoms with Crippen molar-refractivity contribution in [3.63, 3.8) is 0 Å². The highest BCUT2D eigenvalue weighted by Crippen LogP contribution is 2.19. The molecule has 0 aliphatic heterocycles. The first-order valence-electron chi connectivity index (χ1n) is 6.27. The molecule has 0 aliphatic rings. The Bertz CT molecular complexity index is 743. The van der Waals surface area contributed by atoms with Crippen LogP contribution in [0.25, 0.3) is 0 Å². The fourth-order valence-electron chi connectivity index (χ4n) is 1.66. The number of hydrogen-bond donors (Lipinski definition) is 2. The summed E-state index contributed by atoms with van der Waals surface area (Å²) in [5.74, 6) is -2.50. The summed E-state index contributed by atoms with van der Waals surface area (Å²) in [5, 5.41) is 15.7. The molecular weight excluding hydrogens is 313 g/mol. The van der Waals surface area contributed by atoms with E-state index in [2.05, 4.69) is 10.4 Å². The number of carboxylic acid groups (broad SMARTS) is 1. The predicted molar refractivity (Wildman–Crippen MR) is 78.5 cm³/mol. The van der Waals surface area contributed by atoms with Gasteiger partial charge in [-0.3, -0.25) is 9.48 Å². The van der Waals surface area contributed by atoms with Crippen LogP contribution in [0.5, 0.6) is 0 Å². The van der Waals surface area contributed by atoms with Gasteiger partial charge < -0.3 is 10.4 Å². The fraction of sp³-hybridized carbons (Fsp3) is 0.214. The van der Waals surface area contributed by atoms with Crippen molar-refractivity contribution in [3.05, 3.63) is 47.0 Å². The molecule has 1 heterocycles. The van der Waals surface area contributed by atoms with Crippen molar-refractivity contribution in [2.24, 2.45) is 0 Å². The zero-order chi connectivity index (χ0) is 16.5. The highest BCUT2D eigenvalue weighted by Gasteiger charge is 2.30. The monoisotopic (exact) mass is 325 g/mol. The predicted octanol–water partition coefficient (Wildman–Crippen LogP) is 2.75. The van der Waals surface area contributed by atoms with E-state index in [1.54, 1.807) is 0 Å². The van der Waals surface area contributed by atoms with Gasteiger partial charge in [-0.05, 0) is 32.0 Å². The van der Waals surface area contributed by atoms with E-state index in [0.717, 1.165) is 6.07 Å². The molecule has 116 valence electrons. The molecule has 1 aromatic heterocycles. The minimum absolute atomic E-state index is 0.172. The largest absolute Gasteiger partial charge is 0.479 e. The number of halogens is 2. The number of nitrogens with one attached hydrogen (secondary N) is 1. The molecule has 0 atom stereocenters. The third-order valence-corrected chi connectivity index (χ3v) is 3.35. The number of aliphatic carboxylic acids is 1. The molecule has 2 N–H and O–H groups in total. The number of carbonyl (C=O) groups is 2. The minimum Gasteiger partial charge on any atom is -0.479 e. The first kappa shape index (κ1) is 16.0. The molecule has 0 aliphatic carbocycles. The van der Waals surface area contributed by atoms with Crippen molar-refractivity contribution in [2.75, 3.05) is 5.32 Å². The average molecular weight is 326 g/mol. The highest BCUT2D eigenvalue weighted by atomic mass is 35.5. The van der Waals surface area contributed by atoms with Gasteiger partial charge in [0, 0.05) is 11.2 Å². The van der Waals surface area contributed by atoms with Crippen LogP contribution in [0.4, 0.5) is 10.1 Å². The molecular formula is C14H13ClFN3O3. The lowest BCUT2D eigenvalue weighted by Crippen LogP contribution is -2.35. The summed E-state index contributed by atoms with van der Waals surface area (Å²) < 4.78 is 14.9. The summed E-state index contributed by atoms with van der Waals surface area (Å²) >= 11 is 5.62. The van der Waals surface area contributed by atoms with Gasteiger partial charge in [-0.1, -0.05) is 11.6 Å². The molecule has 0 saturated carbocycles. The number of amides is 1. The van der Waals surface area contributed by atoms with Gasteiger partial charge in [0.25, 0.3) is 5.91 Å². The summed E-state index contributed by atoms with van der Waals surface area (Å²) in [6.45, 7) is 2.93. The molecule has 0 saturated heterocycles. The van der Waals surface area contributed by atoms with E-state index in [0.29, 0.717) is 0 Å². The van der Waals surface area contributed by atoms with E-state index in [9.17, 15) is 14.0 Å². The quantitative estimate of drug-likeness (QED) is 0.905. The molecule has 0 spiro atoms. The van der Waals surface area contributed by atoms with Gasteiger partial charge in [-0.2, -0.15) is 5.10 Å². The molecule has 0 bridgehead atoms. The first-order chi connectivity index (χ1) is 10.2. The normalized spacial score (nSPS) is 11.3. The number of anilines is 1. The highest BCUT2D eigenvalue weighted by molar-refractivity contribution is 6.30. The maximum atomic E-state index is 13.7. The number of carbonyl (C=O) groups excluding carboxylic acids is 1. The molecule has 0 radical (unpaired) electrons. The van der Waals surface area contributed by atoms with Gasteiger partial charge >= 0.3 is 5.97 Å². The van der Waals surface area contributed by atoms with E-state index >= 15 is 0 Å². The summed E-state index contributed by atoms with van der Waals surface area (Å²) in [6, 6.07) is 3.70. The number of hydrogen-bond acceptors (Lipinski definition) is 3. The van der Waals surface area contributed by atoms with E-state index in [1.165, 1.54) is 43.1 Å². The minimum atomic E-state index is -1.27. The van der Waals surface area contributed by atoms with E-state index in [4.69, 9.17) is 16.7 Å². The second-order valence-corrected chi connectivity index (χ2v) is 5.55. The van der Waals surface area contributed by atoms with Crippen LogP contribution in [0, 0.1) is 5.82 Å². The van der Waals surface area contributed by atoms with Crippen molar-refractivity contribution < 1.29 is 19.1 Å². The smallest absolute Gasteiger partial charge is 0.331 e. The van der Waals surface area contributed by atoms with Crippen LogP contribution in [-0.2, 0) is 10.3 Å². The molecule has 1 amide bonds. The van der Waals surface area contributed by atoms with Crippen LogP contribution in [-0.4, -0.2) is 26.8 Å². The van der Waals surface area contributed by atoms with Crippen LogP contribution in [0.3, 0.4) is 0 Å². The Morgan fingerprint density at radius 2 is 2.09 bits per heavy atom. The first-order valence-corrected chi connectivity index (χ1v) is 6.64. The second-order valence-electron chi connectivity index (χ2n) is 5.12. The fourth-order valence-corrected chi connectivity index (χ4v) is 1.82. The lowest BCUT2D eigenvalue weighted by Gasteiger charge is -2.19. The molecule has 2 aromatic rings. The van der Waals surface area contributed by atoms with Gasteiger partial charge in [0.15, 0.2) is 5.54 Å². The molecule has 8 heteroatoms. The molecule has 2 rings (SSSR count). The zero-order valence-electron chi connectivity index (χ0n) is 11.8. The number of benzene rings is 1. The molecule has 0 unspecified atom stereocenters. The number of aromatic nitrogens is 2. The molecule has 22 heavy (non-hydrogen) atoms. The Morgan fingerprint density at radius 3 is 2.68 bits per heavy atom. The maximum absolute atomic E-state index is 13.7. The van der Waals surface area contributed by atoms with Crippen LogP contribution in [0.1, 0.15) is 24.2 Å². The van der Waals surface area contributed by atoms with Crippen molar-refractivity contribution in [1.82, 2.24) is 9.78 Å². The second kappa shape index (κ2) is 5.76. The summed E-state index contributed by atoms with van der Waals surface area (Å²) in [4.78, 5) is 23.1. The van der Waals surface area contributed by atoms with Crippen LogP contribution < -0.4 is 5.32 Å². The molecule has 1 aromatic carbocycles. The molecule has 6 nitrogen and oxygen atoms in total. The Labute approximate surface area is 130 Å². The summed E-state index contributed by atoms with van der Waals surface area (Å²) in [6.07, 6.45) is 2.65. The third-order valence-electron chi connectivity index (χ3n) is 3.11. The average Bonchev–Trinajstić information content (AvgIpc) is 2.87. The standard InChI is InChI=1S/C14H13ClFN3O3/c1-14(2,13(21)22)19-7-9(6-17-19)18-12(20)10-4-3-8(15)5-11(10)16/h3-7H,1-2H3,(H,18,20)(H,21,22). The van der Waals surface area contributed by atoms with Gasteiger partial charge in [-0.25, -0.2) is 9.18 Å². The van der Waals surface area contributed by atoms with Crippen LogP contribution in [0.15, 0.2) is 30.6 Å². The van der Waals surface area contributed by atoms with Gasteiger partial charge in [0.1, 0.15) is 5.82 Å². The van der Waals surface area contributed by atoms with E-state index in [1.807, 2.05) is 0 Å². The van der Waals surface area contributed by atoms with E-state index < -0.39 is 23.2 Å². The topological polar surface area (TPSA) is 84.2 Å². The Balaban J connectivity index is 2.20.